The second-order valence-corrected chi connectivity index (χ2v) is 7.48. The fourth-order valence-corrected chi connectivity index (χ4v) is 3.50. The van der Waals surface area contributed by atoms with Crippen molar-refractivity contribution < 1.29 is 14.5 Å². The number of benzene rings is 3. The van der Waals surface area contributed by atoms with Crippen LogP contribution < -0.4 is 10.1 Å². The Balaban J connectivity index is 1.60. The van der Waals surface area contributed by atoms with E-state index in [1.54, 1.807) is 28.9 Å². The van der Waals surface area contributed by atoms with Crippen molar-refractivity contribution in [1.82, 2.24) is 14.8 Å². The number of aryl methyl sites for hydroxylation is 1. The Labute approximate surface area is 193 Å². The van der Waals surface area contributed by atoms with Crippen molar-refractivity contribution in [3.63, 3.8) is 0 Å². The van der Waals surface area contributed by atoms with E-state index in [9.17, 15) is 14.9 Å². The van der Waals surface area contributed by atoms with Gasteiger partial charge in [-0.3, -0.25) is 14.9 Å². The molecule has 33 heavy (non-hydrogen) atoms. The van der Waals surface area contributed by atoms with Crippen molar-refractivity contribution in [2.75, 3.05) is 12.4 Å². The Morgan fingerprint density at radius 2 is 1.85 bits per heavy atom. The first-order valence-electron chi connectivity index (χ1n) is 9.80. The minimum Gasteiger partial charge on any atom is -0.466 e. The van der Waals surface area contributed by atoms with Gasteiger partial charge in [-0.15, -0.1) is 5.10 Å². The number of nitrogens with one attached hydrogen (secondary N) is 1. The predicted molar refractivity (Wildman–Crippen MR) is 124 cm³/mol. The van der Waals surface area contributed by atoms with E-state index in [-0.39, 0.29) is 22.3 Å². The summed E-state index contributed by atoms with van der Waals surface area (Å²) >= 11 is 6.05. The number of nitro groups is 1. The average Bonchev–Trinajstić information content (AvgIpc) is 3.24. The van der Waals surface area contributed by atoms with Gasteiger partial charge in [0.15, 0.2) is 5.82 Å². The summed E-state index contributed by atoms with van der Waals surface area (Å²) in [6, 6.07) is 18.7. The first kappa shape index (κ1) is 22.0. The van der Waals surface area contributed by atoms with Crippen molar-refractivity contribution >= 4 is 28.9 Å². The second-order valence-electron chi connectivity index (χ2n) is 7.07. The Bertz CT molecular complexity index is 1350. The number of nitro benzene ring substituents is 1. The molecule has 0 saturated heterocycles. The van der Waals surface area contributed by atoms with Gasteiger partial charge < -0.3 is 10.1 Å². The molecule has 0 aliphatic heterocycles. The lowest BCUT2D eigenvalue weighted by Crippen LogP contribution is -2.12. The largest absolute Gasteiger partial charge is 0.466 e. The summed E-state index contributed by atoms with van der Waals surface area (Å²) in [6.07, 6.45) is 0. The van der Waals surface area contributed by atoms with Gasteiger partial charge in [0.1, 0.15) is 0 Å². The molecule has 1 N–H and O–H groups in total. The maximum Gasteiger partial charge on any atom is 0.336 e. The number of carbonyl (C=O) groups excluding carboxylic acids is 1. The van der Waals surface area contributed by atoms with Gasteiger partial charge in [0.25, 0.3) is 11.6 Å². The molecule has 0 aliphatic rings. The van der Waals surface area contributed by atoms with Crippen LogP contribution in [0.1, 0.15) is 15.9 Å². The highest BCUT2D eigenvalue weighted by Crippen LogP contribution is 2.27. The number of ether oxygens (including phenoxy) is 1. The number of amides is 1. The van der Waals surface area contributed by atoms with Gasteiger partial charge in [0, 0.05) is 23.4 Å². The molecule has 10 heteroatoms. The average molecular weight is 464 g/mol. The topological polar surface area (TPSA) is 112 Å². The van der Waals surface area contributed by atoms with Crippen LogP contribution in [0.3, 0.4) is 0 Å². The molecule has 9 nitrogen and oxygen atoms in total. The maximum absolute atomic E-state index is 12.6. The summed E-state index contributed by atoms with van der Waals surface area (Å²) in [7, 11) is 1.50. The molecule has 4 rings (SSSR count). The molecule has 1 amide bonds. The van der Waals surface area contributed by atoms with Crippen LogP contribution in [0, 0.1) is 17.0 Å². The molecule has 0 spiro atoms. The molecule has 166 valence electrons. The van der Waals surface area contributed by atoms with Crippen LogP contribution in [0.25, 0.3) is 17.1 Å². The number of carbonyl (C=O) groups is 1. The lowest BCUT2D eigenvalue weighted by Gasteiger charge is -2.10. The third-order valence-electron chi connectivity index (χ3n) is 4.93. The van der Waals surface area contributed by atoms with E-state index in [4.69, 9.17) is 16.3 Å². The number of hydrogen-bond acceptors (Lipinski definition) is 6. The van der Waals surface area contributed by atoms with Gasteiger partial charge in [0.05, 0.1) is 28.3 Å². The number of anilines is 1. The van der Waals surface area contributed by atoms with Crippen LogP contribution in [-0.4, -0.2) is 32.7 Å². The summed E-state index contributed by atoms with van der Waals surface area (Å²) < 4.78 is 6.89. The Morgan fingerprint density at radius 3 is 2.48 bits per heavy atom. The second kappa shape index (κ2) is 9.09. The summed E-state index contributed by atoms with van der Waals surface area (Å²) in [4.78, 5) is 27.3. The number of rotatable bonds is 6. The minimum atomic E-state index is -0.573. The van der Waals surface area contributed by atoms with Gasteiger partial charge in [0.2, 0.25) is 0 Å². The molecule has 3 aromatic carbocycles. The minimum absolute atomic E-state index is 0.00379. The molecule has 1 heterocycles. The SMILES string of the molecule is COc1nc(-c2ccccc2C)n(-c2ccc(NC(=O)c3ccc([N+](=O)[O-])cc3Cl)cc2)n1. The highest BCUT2D eigenvalue weighted by molar-refractivity contribution is 6.34. The molecule has 0 fully saturated rings. The highest BCUT2D eigenvalue weighted by atomic mass is 35.5. The molecule has 0 saturated carbocycles. The quantitative estimate of drug-likeness (QED) is 0.315. The van der Waals surface area contributed by atoms with Crippen molar-refractivity contribution in [2.24, 2.45) is 0 Å². The van der Waals surface area contributed by atoms with E-state index in [0.29, 0.717) is 11.5 Å². The van der Waals surface area contributed by atoms with Crippen LogP contribution in [-0.2, 0) is 0 Å². The van der Waals surface area contributed by atoms with E-state index in [1.807, 2.05) is 31.2 Å². The van der Waals surface area contributed by atoms with Gasteiger partial charge in [-0.1, -0.05) is 35.9 Å². The number of nitrogens with zero attached hydrogens (tertiary/aromatic N) is 4. The zero-order chi connectivity index (χ0) is 23.5. The summed E-state index contributed by atoms with van der Waals surface area (Å²) in [5.74, 6) is 0.144. The monoisotopic (exact) mass is 463 g/mol. The number of methoxy groups -OCH3 is 1. The first-order chi connectivity index (χ1) is 15.9. The fourth-order valence-electron chi connectivity index (χ4n) is 3.24. The predicted octanol–water partition coefficient (Wildman–Crippen LogP) is 5.07. The van der Waals surface area contributed by atoms with Gasteiger partial charge in [-0.25, -0.2) is 4.68 Å². The molecule has 0 radical (unpaired) electrons. The number of halogens is 1. The zero-order valence-corrected chi connectivity index (χ0v) is 18.4. The van der Waals surface area contributed by atoms with E-state index >= 15 is 0 Å². The van der Waals surface area contributed by atoms with E-state index in [1.165, 1.54) is 19.2 Å². The van der Waals surface area contributed by atoms with Crippen molar-refractivity contribution in [2.45, 2.75) is 6.92 Å². The molecular formula is C23H18ClN5O4. The van der Waals surface area contributed by atoms with Gasteiger partial charge in [-0.2, -0.15) is 4.98 Å². The molecule has 0 aliphatic carbocycles. The lowest BCUT2D eigenvalue weighted by molar-refractivity contribution is -0.384. The van der Waals surface area contributed by atoms with Gasteiger partial charge in [-0.05, 0) is 42.8 Å². The molecule has 0 unspecified atom stereocenters. The summed E-state index contributed by atoms with van der Waals surface area (Å²) in [6.45, 7) is 1.99. The van der Waals surface area contributed by atoms with Crippen LogP contribution in [0.4, 0.5) is 11.4 Å². The highest BCUT2D eigenvalue weighted by Gasteiger charge is 2.17. The number of non-ortho nitro benzene ring substituents is 1. The van der Waals surface area contributed by atoms with E-state index in [0.717, 1.165) is 22.9 Å². The molecule has 1 aromatic heterocycles. The van der Waals surface area contributed by atoms with Crippen molar-refractivity contribution in [1.29, 1.82) is 0 Å². The van der Waals surface area contributed by atoms with E-state index < -0.39 is 10.8 Å². The summed E-state index contributed by atoms with van der Waals surface area (Å²) in [5.41, 5.74) is 3.14. The molecular weight excluding hydrogens is 446 g/mol. The first-order valence-corrected chi connectivity index (χ1v) is 10.2. The van der Waals surface area contributed by atoms with Crippen LogP contribution in [0.15, 0.2) is 66.7 Å². The smallest absolute Gasteiger partial charge is 0.336 e. The molecule has 0 atom stereocenters. The van der Waals surface area contributed by atoms with E-state index in [2.05, 4.69) is 15.4 Å². The van der Waals surface area contributed by atoms with Crippen LogP contribution in [0.2, 0.25) is 5.02 Å². The number of aromatic nitrogens is 3. The third kappa shape index (κ3) is 4.53. The Kier molecular flexibility index (Phi) is 6.05. The van der Waals surface area contributed by atoms with Crippen molar-refractivity contribution in [3.05, 3.63) is 93.0 Å². The van der Waals surface area contributed by atoms with Crippen LogP contribution >= 0.6 is 11.6 Å². The normalized spacial score (nSPS) is 10.6. The third-order valence-corrected chi connectivity index (χ3v) is 5.25. The van der Waals surface area contributed by atoms with Crippen LogP contribution in [0.5, 0.6) is 6.01 Å². The maximum atomic E-state index is 12.6. The molecule has 0 bridgehead atoms. The lowest BCUT2D eigenvalue weighted by atomic mass is 10.1. The van der Waals surface area contributed by atoms with Gasteiger partial charge >= 0.3 is 6.01 Å². The number of hydrogen-bond donors (Lipinski definition) is 1. The standard InChI is InChI=1S/C23H18ClN5O4/c1-14-5-3-4-6-18(14)21-26-23(33-2)27-28(21)16-9-7-15(8-10-16)25-22(30)19-12-11-17(29(31)32)13-20(19)24/h3-13H,1-2H3,(H,25,30). The fraction of sp³-hybridized carbons (Fsp3) is 0.0870. The Hall–Kier alpha value is -4.24. The Morgan fingerprint density at radius 1 is 1.12 bits per heavy atom. The summed E-state index contributed by atoms with van der Waals surface area (Å²) in [5, 5.41) is 18.0. The van der Waals surface area contributed by atoms with Crippen molar-refractivity contribution in [3.8, 4) is 23.1 Å². The zero-order valence-electron chi connectivity index (χ0n) is 17.7. The molecule has 4 aromatic rings.